The van der Waals surface area contributed by atoms with Crippen LogP contribution in [0.5, 0.6) is 5.75 Å². The van der Waals surface area contributed by atoms with Crippen LogP contribution in [0.15, 0.2) is 60.2 Å². The summed E-state index contributed by atoms with van der Waals surface area (Å²) in [5.41, 5.74) is 4.76. The fraction of sp³-hybridized carbons (Fsp3) is 0.423. The SMILES string of the molecule is CC1(C)C(C=C2CCCC2)C1C(=O)OC1COc2ccc(-c3ccccc3)cc21. The molecule has 3 unspecified atom stereocenters. The molecule has 1 heterocycles. The lowest BCUT2D eigenvalue weighted by Crippen LogP contribution is -2.16. The number of ether oxygens (including phenoxy) is 2. The van der Waals surface area contributed by atoms with Crippen LogP contribution < -0.4 is 4.74 Å². The third-order valence-electron chi connectivity index (χ3n) is 6.94. The third-order valence-corrected chi connectivity index (χ3v) is 6.94. The second-order valence-corrected chi connectivity index (χ2v) is 9.21. The van der Waals surface area contributed by atoms with Crippen LogP contribution in [0.3, 0.4) is 0 Å². The van der Waals surface area contributed by atoms with Crippen LogP contribution in [0, 0.1) is 17.3 Å². The highest BCUT2D eigenvalue weighted by molar-refractivity contribution is 5.79. The van der Waals surface area contributed by atoms with Gasteiger partial charge in [0.1, 0.15) is 12.4 Å². The van der Waals surface area contributed by atoms with Gasteiger partial charge >= 0.3 is 5.97 Å². The molecule has 150 valence electrons. The van der Waals surface area contributed by atoms with Crippen molar-refractivity contribution in [3.63, 3.8) is 0 Å². The van der Waals surface area contributed by atoms with Gasteiger partial charge < -0.3 is 9.47 Å². The summed E-state index contributed by atoms with van der Waals surface area (Å²) in [6, 6.07) is 16.4. The molecule has 2 aromatic carbocycles. The molecule has 3 nitrogen and oxygen atoms in total. The maximum absolute atomic E-state index is 13.0. The minimum Gasteiger partial charge on any atom is -0.489 e. The standard InChI is InChI=1S/C26H28O3/c1-26(2)21(14-17-8-6-7-9-17)24(26)25(27)29-23-16-28-22-13-12-19(15-20(22)23)18-10-4-3-5-11-18/h3-5,10-15,21,23-24H,6-9,16H2,1-2H3. The number of esters is 1. The average molecular weight is 389 g/mol. The largest absolute Gasteiger partial charge is 0.489 e. The monoisotopic (exact) mass is 388 g/mol. The predicted octanol–water partition coefficient (Wildman–Crippen LogP) is 6.10. The highest BCUT2D eigenvalue weighted by atomic mass is 16.6. The number of benzene rings is 2. The minimum absolute atomic E-state index is 0.0130. The summed E-state index contributed by atoms with van der Waals surface area (Å²) in [5, 5.41) is 0. The van der Waals surface area contributed by atoms with Crippen molar-refractivity contribution in [3.05, 3.63) is 65.7 Å². The van der Waals surface area contributed by atoms with E-state index in [1.165, 1.54) is 31.3 Å². The first-order chi connectivity index (χ1) is 14.0. The van der Waals surface area contributed by atoms with Gasteiger partial charge in [-0.3, -0.25) is 4.79 Å². The molecule has 0 bridgehead atoms. The molecule has 0 radical (unpaired) electrons. The van der Waals surface area contributed by atoms with Gasteiger partial charge in [-0.05, 0) is 60.3 Å². The van der Waals surface area contributed by atoms with Crippen LogP contribution in [0.1, 0.15) is 51.2 Å². The first-order valence-electron chi connectivity index (χ1n) is 10.8. The van der Waals surface area contributed by atoms with Gasteiger partial charge in [0.25, 0.3) is 0 Å². The Labute approximate surface area is 172 Å². The number of fused-ring (bicyclic) bond motifs is 1. The van der Waals surface area contributed by atoms with Crippen molar-refractivity contribution in [2.45, 2.75) is 45.6 Å². The summed E-state index contributed by atoms with van der Waals surface area (Å²) in [7, 11) is 0. The van der Waals surface area contributed by atoms with Gasteiger partial charge in [0.15, 0.2) is 6.10 Å². The number of rotatable bonds is 4. The van der Waals surface area contributed by atoms with Gasteiger partial charge in [0.2, 0.25) is 0 Å². The Morgan fingerprint density at radius 1 is 1.07 bits per heavy atom. The van der Waals surface area contributed by atoms with E-state index < -0.39 is 0 Å². The van der Waals surface area contributed by atoms with E-state index in [-0.39, 0.29) is 23.4 Å². The first-order valence-corrected chi connectivity index (χ1v) is 10.8. The lowest BCUT2D eigenvalue weighted by molar-refractivity contribution is -0.152. The van der Waals surface area contributed by atoms with Crippen LogP contribution in [0.4, 0.5) is 0 Å². The van der Waals surface area contributed by atoms with Crippen LogP contribution in [-0.2, 0) is 9.53 Å². The molecule has 0 spiro atoms. The number of hydrogen-bond acceptors (Lipinski definition) is 3. The average Bonchev–Trinajstić information content (AvgIpc) is 3.12. The fourth-order valence-electron chi connectivity index (χ4n) is 5.00. The lowest BCUT2D eigenvalue weighted by atomic mass is 10.0. The van der Waals surface area contributed by atoms with E-state index in [0.29, 0.717) is 12.5 Å². The predicted molar refractivity (Wildman–Crippen MR) is 114 cm³/mol. The van der Waals surface area contributed by atoms with Crippen LogP contribution >= 0.6 is 0 Å². The van der Waals surface area contributed by atoms with Gasteiger partial charge in [-0.1, -0.05) is 61.9 Å². The molecule has 0 saturated heterocycles. The zero-order valence-corrected chi connectivity index (χ0v) is 17.2. The van der Waals surface area contributed by atoms with E-state index in [1.807, 2.05) is 24.3 Å². The Bertz CT molecular complexity index is 949. The number of carbonyl (C=O) groups excluding carboxylic acids is 1. The van der Waals surface area contributed by atoms with E-state index in [4.69, 9.17) is 9.47 Å². The smallest absolute Gasteiger partial charge is 0.310 e. The molecule has 1 aliphatic heterocycles. The number of allylic oxidation sites excluding steroid dienone is 2. The highest BCUT2D eigenvalue weighted by Crippen LogP contribution is 2.60. The molecule has 2 saturated carbocycles. The molecule has 3 atom stereocenters. The fourth-order valence-corrected chi connectivity index (χ4v) is 5.00. The molecule has 29 heavy (non-hydrogen) atoms. The van der Waals surface area contributed by atoms with Gasteiger partial charge in [0.05, 0.1) is 5.92 Å². The van der Waals surface area contributed by atoms with E-state index in [1.54, 1.807) is 0 Å². The van der Waals surface area contributed by atoms with Crippen LogP contribution in [0.25, 0.3) is 11.1 Å². The Hall–Kier alpha value is -2.55. The van der Waals surface area contributed by atoms with Crippen LogP contribution in [-0.4, -0.2) is 12.6 Å². The van der Waals surface area contributed by atoms with Gasteiger partial charge in [-0.15, -0.1) is 0 Å². The normalized spacial score (nSPS) is 26.6. The Morgan fingerprint density at radius 3 is 2.59 bits per heavy atom. The summed E-state index contributed by atoms with van der Waals surface area (Å²) in [5.74, 6) is 1.00. The van der Waals surface area contributed by atoms with Crippen molar-refractivity contribution in [2.75, 3.05) is 6.61 Å². The molecule has 2 aromatic rings. The second-order valence-electron chi connectivity index (χ2n) is 9.21. The molecule has 5 rings (SSSR count). The molecular formula is C26H28O3. The molecular weight excluding hydrogens is 360 g/mol. The third kappa shape index (κ3) is 3.37. The summed E-state index contributed by atoms with van der Waals surface area (Å²) in [6.07, 6.45) is 7.01. The van der Waals surface area contributed by atoms with E-state index in [2.05, 4.69) is 44.2 Å². The molecule has 3 aliphatic rings. The molecule has 2 aliphatic carbocycles. The molecule has 3 heteroatoms. The summed E-state index contributed by atoms with van der Waals surface area (Å²) in [4.78, 5) is 13.0. The topological polar surface area (TPSA) is 35.5 Å². The van der Waals surface area contributed by atoms with Crippen molar-refractivity contribution in [2.24, 2.45) is 17.3 Å². The first kappa shape index (κ1) is 18.5. The number of carbonyl (C=O) groups is 1. The zero-order valence-electron chi connectivity index (χ0n) is 17.2. The van der Waals surface area contributed by atoms with Crippen molar-refractivity contribution in [1.82, 2.24) is 0 Å². The lowest BCUT2D eigenvalue weighted by Gasteiger charge is -2.13. The quantitative estimate of drug-likeness (QED) is 0.469. The van der Waals surface area contributed by atoms with E-state index in [9.17, 15) is 4.79 Å². The summed E-state index contributed by atoms with van der Waals surface area (Å²) >= 11 is 0. The van der Waals surface area contributed by atoms with Gasteiger partial charge in [0, 0.05) is 5.56 Å². The maximum atomic E-state index is 13.0. The molecule has 0 amide bonds. The van der Waals surface area contributed by atoms with E-state index >= 15 is 0 Å². The van der Waals surface area contributed by atoms with Crippen molar-refractivity contribution in [3.8, 4) is 16.9 Å². The van der Waals surface area contributed by atoms with Crippen molar-refractivity contribution in [1.29, 1.82) is 0 Å². The van der Waals surface area contributed by atoms with Gasteiger partial charge in [-0.2, -0.15) is 0 Å². The Balaban J connectivity index is 1.32. The number of hydrogen-bond donors (Lipinski definition) is 0. The molecule has 0 N–H and O–H groups in total. The zero-order chi connectivity index (χ0) is 20.0. The molecule has 2 fully saturated rings. The van der Waals surface area contributed by atoms with Gasteiger partial charge in [-0.25, -0.2) is 0 Å². The van der Waals surface area contributed by atoms with E-state index in [0.717, 1.165) is 22.4 Å². The van der Waals surface area contributed by atoms with Crippen molar-refractivity contribution >= 4 is 5.97 Å². The highest BCUT2D eigenvalue weighted by Gasteiger charge is 2.62. The molecule has 0 aromatic heterocycles. The second kappa shape index (κ2) is 7.05. The van der Waals surface area contributed by atoms with Crippen LogP contribution in [0.2, 0.25) is 0 Å². The summed E-state index contributed by atoms with van der Waals surface area (Å²) in [6.45, 7) is 4.77. The Kier molecular flexibility index (Phi) is 4.49. The maximum Gasteiger partial charge on any atom is 0.310 e. The Morgan fingerprint density at radius 2 is 1.83 bits per heavy atom. The summed E-state index contributed by atoms with van der Waals surface area (Å²) < 4.78 is 11.8. The minimum atomic E-state index is -0.322. The van der Waals surface area contributed by atoms with Crippen molar-refractivity contribution < 1.29 is 14.3 Å².